The van der Waals surface area contributed by atoms with Crippen LogP contribution in [0.5, 0.6) is 0 Å². The van der Waals surface area contributed by atoms with Crippen molar-refractivity contribution in [2.45, 2.75) is 25.7 Å². The van der Waals surface area contributed by atoms with E-state index in [0.717, 1.165) is 64.3 Å². The van der Waals surface area contributed by atoms with Crippen LogP contribution in [0.3, 0.4) is 0 Å². The third kappa shape index (κ3) is 5.97. The highest BCUT2D eigenvalue weighted by atomic mass is 16.6. The molecule has 2 aliphatic rings. The van der Waals surface area contributed by atoms with Crippen LogP contribution in [0.4, 0.5) is 5.69 Å². The minimum atomic E-state index is 0.731. The predicted octanol–water partition coefficient (Wildman–Crippen LogP) is 4.87. The predicted molar refractivity (Wildman–Crippen MR) is 125 cm³/mol. The summed E-state index contributed by atoms with van der Waals surface area (Å²) in [5.74, 6) is 0. The molecule has 0 bridgehead atoms. The third-order valence-corrected chi connectivity index (χ3v) is 5.88. The largest absolute Gasteiger partial charge is 0.369 e. The molecule has 30 heavy (non-hydrogen) atoms. The van der Waals surface area contributed by atoms with Gasteiger partial charge in [-0.3, -0.25) is 15.2 Å². The lowest BCUT2D eigenvalue weighted by atomic mass is 9.97. The molecular formula is C26H33N3O. The molecule has 158 valence electrons. The molecule has 0 radical (unpaired) electrons. The lowest BCUT2D eigenvalue weighted by Gasteiger charge is -2.36. The van der Waals surface area contributed by atoms with E-state index in [-0.39, 0.29) is 0 Å². The van der Waals surface area contributed by atoms with E-state index in [1.165, 1.54) is 23.2 Å². The maximum Gasteiger partial charge on any atom is 0.0758 e. The molecule has 1 fully saturated rings. The first-order chi connectivity index (χ1) is 14.9. The van der Waals surface area contributed by atoms with Gasteiger partial charge in [-0.25, -0.2) is 0 Å². The quantitative estimate of drug-likeness (QED) is 0.503. The number of nitrogens with zero attached hydrogens (tertiary/aromatic N) is 2. The second-order valence-corrected chi connectivity index (χ2v) is 8.06. The fourth-order valence-electron chi connectivity index (χ4n) is 4.17. The number of piperazine rings is 1. The molecular weight excluding hydrogens is 370 g/mol. The highest BCUT2D eigenvalue weighted by Crippen LogP contribution is 2.24. The molecule has 2 aromatic carbocycles. The Balaban J connectivity index is 1.16. The van der Waals surface area contributed by atoms with Crippen molar-refractivity contribution in [1.29, 1.82) is 0 Å². The molecule has 0 amide bonds. The van der Waals surface area contributed by atoms with Gasteiger partial charge in [-0.1, -0.05) is 54.6 Å². The van der Waals surface area contributed by atoms with Gasteiger partial charge in [0.25, 0.3) is 0 Å². The normalized spacial score (nSPS) is 19.0. The van der Waals surface area contributed by atoms with E-state index in [1.54, 1.807) is 0 Å². The first-order valence-corrected chi connectivity index (χ1v) is 11.2. The molecule has 0 spiro atoms. The van der Waals surface area contributed by atoms with E-state index in [9.17, 15) is 0 Å². The van der Waals surface area contributed by atoms with Crippen LogP contribution in [0.25, 0.3) is 6.08 Å². The fourth-order valence-corrected chi connectivity index (χ4v) is 4.17. The lowest BCUT2D eigenvalue weighted by molar-refractivity contribution is 0.0555. The first kappa shape index (κ1) is 20.7. The molecule has 1 aliphatic carbocycles. The van der Waals surface area contributed by atoms with E-state index in [2.05, 4.69) is 88.1 Å². The standard InChI is InChI=1S/C26H33N3O/c1-3-10-23(11-4-1)22-24-12-7-8-15-26(24)27-30-21-9-16-28-17-19-29(20-18-28)25-13-5-2-6-14-25/h1-6,10-11,13-15,22,27H,7-9,12,16-21H2. The number of anilines is 1. The SMILES string of the molecule is C(=C1CCCC=C1NOCCCN1CCN(c2ccccc2)CC1)c1ccccc1. The molecule has 1 heterocycles. The van der Waals surface area contributed by atoms with Crippen LogP contribution in [0.15, 0.2) is 78.0 Å². The smallest absolute Gasteiger partial charge is 0.0758 e. The van der Waals surface area contributed by atoms with E-state index in [1.807, 2.05) is 0 Å². The van der Waals surface area contributed by atoms with Gasteiger partial charge in [0.05, 0.1) is 12.3 Å². The Kier molecular flexibility index (Phi) is 7.59. The molecule has 1 N–H and O–H groups in total. The number of hydrogen-bond acceptors (Lipinski definition) is 4. The van der Waals surface area contributed by atoms with Crippen LogP contribution in [-0.4, -0.2) is 44.2 Å². The van der Waals surface area contributed by atoms with Crippen LogP contribution < -0.4 is 10.4 Å². The lowest BCUT2D eigenvalue weighted by Crippen LogP contribution is -2.46. The Morgan fingerprint density at radius 3 is 2.40 bits per heavy atom. The van der Waals surface area contributed by atoms with Crippen molar-refractivity contribution >= 4 is 11.8 Å². The zero-order valence-electron chi connectivity index (χ0n) is 17.8. The highest BCUT2D eigenvalue weighted by molar-refractivity contribution is 5.58. The van der Waals surface area contributed by atoms with Crippen molar-refractivity contribution in [3.05, 3.63) is 83.6 Å². The van der Waals surface area contributed by atoms with Gasteiger partial charge in [0.15, 0.2) is 0 Å². The van der Waals surface area contributed by atoms with Crippen LogP contribution in [-0.2, 0) is 4.84 Å². The summed E-state index contributed by atoms with van der Waals surface area (Å²) >= 11 is 0. The number of benzene rings is 2. The maximum absolute atomic E-state index is 5.83. The van der Waals surface area contributed by atoms with E-state index < -0.39 is 0 Å². The summed E-state index contributed by atoms with van der Waals surface area (Å²) in [6.45, 7) is 6.27. The van der Waals surface area contributed by atoms with Crippen LogP contribution >= 0.6 is 0 Å². The number of hydroxylamine groups is 1. The average Bonchev–Trinajstić information content (AvgIpc) is 2.81. The molecule has 4 nitrogen and oxygen atoms in total. The Labute approximate surface area is 180 Å². The molecule has 0 aromatic heterocycles. The number of rotatable bonds is 8. The molecule has 0 unspecified atom stereocenters. The summed E-state index contributed by atoms with van der Waals surface area (Å²) in [4.78, 5) is 10.8. The molecule has 4 rings (SSSR count). The minimum Gasteiger partial charge on any atom is -0.369 e. The van der Waals surface area contributed by atoms with Gasteiger partial charge in [-0.05, 0) is 55.0 Å². The minimum absolute atomic E-state index is 0.731. The highest BCUT2D eigenvalue weighted by Gasteiger charge is 2.16. The third-order valence-electron chi connectivity index (χ3n) is 5.88. The maximum atomic E-state index is 5.83. The number of nitrogens with one attached hydrogen (secondary N) is 1. The van der Waals surface area contributed by atoms with E-state index >= 15 is 0 Å². The van der Waals surface area contributed by atoms with Crippen LogP contribution in [0.1, 0.15) is 31.2 Å². The van der Waals surface area contributed by atoms with Gasteiger partial charge < -0.3 is 4.90 Å². The van der Waals surface area contributed by atoms with Gasteiger partial charge in [-0.15, -0.1) is 0 Å². The van der Waals surface area contributed by atoms with Gasteiger partial charge in [0.1, 0.15) is 0 Å². The summed E-state index contributed by atoms with van der Waals surface area (Å²) in [6.07, 6.45) is 9.00. The summed E-state index contributed by atoms with van der Waals surface area (Å²) < 4.78 is 0. The van der Waals surface area contributed by atoms with E-state index in [4.69, 9.17) is 4.84 Å². The second-order valence-electron chi connectivity index (χ2n) is 8.06. The van der Waals surface area contributed by atoms with E-state index in [0.29, 0.717) is 0 Å². The summed E-state index contributed by atoms with van der Waals surface area (Å²) in [5.41, 5.74) is 8.29. The summed E-state index contributed by atoms with van der Waals surface area (Å²) in [7, 11) is 0. The van der Waals surface area contributed by atoms with Crippen molar-refractivity contribution in [3.63, 3.8) is 0 Å². The van der Waals surface area contributed by atoms with Gasteiger partial charge in [0.2, 0.25) is 0 Å². The van der Waals surface area contributed by atoms with Crippen molar-refractivity contribution in [2.24, 2.45) is 0 Å². The van der Waals surface area contributed by atoms with Crippen molar-refractivity contribution in [3.8, 4) is 0 Å². The summed E-state index contributed by atoms with van der Waals surface area (Å²) in [5, 5.41) is 0. The molecule has 1 aliphatic heterocycles. The molecule has 0 atom stereocenters. The Morgan fingerprint density at radius 1 is 0.900 bits per heavy atom. The zero-order chi connectivity index (χ0) is 20.4. The van der Waals surface area contributed by atoms with Crippen molar-refractivity contribution < 1.29 is 4.84 Å². The number of allylic oxidation sites excluding steroid dienone is 2. The summed E-state index contributed by atoms with van der Waals surface area (Å²) in [6, 6.07) is 21.3. The second kappa shape index (κ2) is 11.0. The first-order valence-electron chi connectivity index (χ1n) is 11.2. The van der Waals surface area contributed by atoms with Crippen LogP contribution in [0, 0.1) is 0 Å². The topological polar surface area (TPSA) is 27.7 Å². The zero-order valence-corrected chi connectivity index (χ0v) is 17.8. The Morgan fingerprint density at radius 2 is 1.63 bits per heavy atom. The monoisotopic (exact) mass is 403 g/mol. The number of hydrogen-bond donors (Lipinski definition) is 1. The molecule has 0 saturated carbocycles. The van der Waals surface area contributed by atoms with Gasteiger partial charge in [0, 0.05) is 38.4 Å². The Hall–Kier alpha value is -2.56. The Bertz CT molecular complexity index is 824. The van der Waals surface area contributed by atoms with Crippen LogP contribution in [0.2, 0.25) is 0 Å². The van der Waals surface area contributed by atoms with Gasteiger partial charge in [-0.2, -0.15) is 0 Å². The van der Waals surface area contributed by atoms with Gasteiger partial charge >= 0.3 is 0 Å². The fraction of sp³-hybridized carbons (Fsp3) is 0.385. The molecule has 4 heteroatoms. The average molecular weight is 404 g/mol. The van der Waals surface area contributed by atoms with Crippen molar-refractivity contribution in [2.75, 3.05) is 44.2 Å². The van der Waals surface area contributed by atoms with Crippen molar-refractivity contribution in [1.82, 2.24) is 10.4 Å². The molecule has 1 saturated heterocycles. The number of para-hydroxylation sites is 1. The molecule has 2 aromatic rings.